The van der Waals surface area contributed by atoms with Gasteiger partial charge in [0.15, 0.2) is 0 Å². The number of para-hydroxylation sites is 1. The fraction of sp³-hybridized carbons (Fsp3) is 0.250. The molecule has 3 heterocycles. The van der Waals surface area contributed by atoms with Gasteiger partial charge in [0.2, 0.25) is 11.8 Å². The van der Waals surface area contributed by atoms with E-state index in [-0.39, 0.29) is 23.8 Å². The van der Waals surface area contributed by atoms with E-state index in [1.165, 1.54) is 0 Å². The summed E-state index contributed by atoms with van der Waals surface area (Å²) in [5, 5.41) is 12.5. The van der Waals surface area contributed by atoms with Gasteiger partial charge in [-0.25, -0.2) is 0 Å². The Morgan fingerprint density at radius 3 is 2.13 bits per heavy atom. The van der Waals surface area contributed by atoms with Gasteiger partial charge in [-0.05, 0) is 91.9 Å². The molecule has 2 fully saturated rings. The van der Waals surface area contributed by atoms with Crippen molar-refractivity contribution in [1.29, 1.82) is 0 Å². The molecular weight excluding hydrogens is 566 g/mol. The lowest BCUT2D eigenvalue weighted by Crippen LogP contribution is -2.43. The van der Waals surface area contributed by atoms with Crippen molar-refractivity contribution in [3.05, 3.63) is 114 Å². The molecule has 2 saturated heterocycles. The van der Waals surface area contributed by atoms with Crippen molar-refractivity contribution in [3.63, 3.8) is 0 Å². The van der Waals surface area contributed by atoms with Crippen LogP contribution in [0.15, 0.2) is 95.6 Å². The number of nitrogens with one attached hydrogen (secondary N) is 4. The lowest BCUT2D eigenvalue weighted by molar-refractivity contribution is -0.120. The van der Waals surface area contributed by atoms with Crippen molar-refractivity contribution in [2.45, 2.75) is 44.3 Å². The lowest BCUT2D eigenvalue weighted by atomic mass is 10.1. The van der Waals surface area contributed by atoms with E-state index in [0.29, 0.717) is 36.4 Å². The Morgan fingerprint density at radius 2 is 1.49 bits per heavy atom. The minimum atomic E-state index is -0.544. The molecule has 9 heteroatoms. The van der Waals surface area contributed by atoms with Crippen molar-refractivity contribution in [1.82, 2.24) is 10.2 Å². The third-order valence-corrected chi connectivity index (χ3v) is 8.21. The highest BCUT2D eigenvalue weighted by Gasteiger charge is 2.35. The van der Waals surface area contributed by atoms with Gasteiger partial charge in [-0.2, -0.15) is 0 Å². The maximum absolute atomic E-state index is 13.6. The second-order valence-corrected chi connectivity index (χ2v) is 11.3. The quantitative estimate of drug-likeness (QED) is 0.165. The third kappa shape index (κ3) is 7.50. The minimum absolute atomic E-state index is 0.00916. The van der Waals surface area contributed by atoms with E-state index >= 15 is 0 Å². The van der Waals surface area contributed by atoms with Crippen molar-refractivity contribution in [2.75, 3.05) is 29.0 Å². The van der Waals surface area contributed by atoms with Crippen molar-refractivity contribution in [2.24, 2.45) is 0 Å². The summed E-state index contributed by atoms with van der Waals surface area (Å²) in [6, 6.07) is 25.7. The number of likely N-dealkylation sites (tertiary alicyclic amines) is 1. The number of hydrogen-bond acceptors (Lipinski definition) is 6. The predicted octanol–water partition coefficient (Wildman–Crippen LogP) is 6.00. The van der Waals surface area contributed by atoms with Crippen LogP contribution >= 0.6 is 0 Å². The molecule has 1 aromatic heterocycles. The second kappa shape index (κ2) is 14.1. The zero-order valence-corrected chi connectivity index (χ0v) is 25.0. The van der Waals surface area contributed by atoms with Gasteiger partial charge in [0, 0.05) is 23.6 Å². The molecule has 0 saturated carbocycles. The molecule has 6 rings (SSSR count). The highest BCUT2D eigenvalue weighted by atomic mass is 16.3. The summed E-state index contributed by atoms with van der Waals surface area (Å²) >= 11 is 0. The highest BCUT2D eigenvalue weighted by molar-refractivity contribution is 6.04. The van der Waals surface area contributed by atoms with Crippen LogP contribution in [-0.2, 0) is 16.1 Å². The predicted molar refractivity (Wildman–Crippen MR) is 177 cm³/mol. The van der Waals surface area contributed by atoms with E-state index in [1.54, 1.807) is 17.2 Å². The molecule has 9 nitrogen and oxygen atoms in total. The van der Waals surface area contributed by atoms with Crippen LogP contribution in [0.25, 0.3) is 12.2 Å². The van der Waals surface area contributed by atoms with Crippen molar-refractivity contribution >= 4 is 46.9 Å². The molecule has 3 amide bonds. The van der Waals surface area contributed by atoms with Gasteiger partial charge in [0.05, 0.1) is 24.4 Å². The zero-order chi connectivity index (χ0) is 31.0. The Labute approximate surface area is 262 Å². The topological polar surface area (TPSA) is 116 Å². The first-order chi connectivity index (χ1) is 22.0. The van der Waals surface area contributed by atoms with Crippen LogP contribution < -0.4 is 21.3 Å². The molecule has 2 atom stereocenters. The fourth-order valence-electron chi connectivity index (χ4n) is 5.77. The lowest BCUT2D eigenvalue weighted by Gasteiger charge is -2.25. The monoisotopic (exact) mass is 603 g/mol. The number of hydrogen-bond donors (Lipinski definition) is 4. The maximum atomic E-state index is 13.6. The summed E-state index contributed by atoms with van der Waals surface area (Å²) in [5.74, 6) is 0.415. The maximum Gasteiger partial charge on any atom is 0.256 e. The van der Waals surface area contributed by atoms with E-state index < -0.39 is 6.04 Å². The Hall–Kier alpha value is -5.15. The highest BCUT2D eigenvalue weighted by Crippen LogP contribution is 2.26. The summed E-state index contributed by atoms with van der Waals surface area (Å²) in [6.45, 7) is 1.87. The van der Waals surface area contributed by atoms with Gasteiger partial charge in [-0.3, -0.25) is 14.4 Å². The molecule has 3 aromatic carbocycles. The molecule has 45 heavy (non-hydrogen) atoms. The summed E-state index contributed by atoms with van der Waals surface area (Å²) in [5.41, 5.74) is 4.67. The molecule has 0 bridgehead atoms. The molecule has 0 spiro atoms. The number of nitrogens with zero attached hydrogens (tertiary/aromatic N) is 1. The number of carbonyl (C=O) groups excluding carboxylic acids is 3. The van der Waals surface area contributed by atoms with Crippen LogP contribution in [0.1, 0.15) is 52.9 Å². The SMILES string of the molecule is O=C(Nc1ccc(/C=C/c2ccc(NC(=O)[C@@H]3CCCN3C(=O)c3ccccc3NCc3ccco3)cc2)cc1)[C@@H]1CCCN1. The van der Waals surface area contributed by atoms with Gasteiger partial charge < -0.3 is 30.6 Å². The largest absolute Gasteiger partial charge is 0.467 e. The molecular formula is C36H37N5O4. The normalized spacial score (nSPS) is 17.8. The number of furan rings is 1. The van der Waals surface area contributed by atoms with E-state index in [2.05, 4.69) is 21.3 Å². The van der Waals surface area contributed by atoms with Crippen LogP contribution in [0, 0.1) is 0 Å². The van der Waals surface area contributed by atoms with E-state index in [1.807, 2.05) is 91.0 Å². The van der Waals surface area contributed by atoms with E-state index in [0.717, 1.165) is 48.4 Å². The molecule has 4 N–H and O–H groups in total. The molecule has 0 unspecified atom stereocenters. The van der Waals surface area contributed by atoms with Gasteiger partial charge in [0.1, 0.15) is 11.8 Å². The molecule has 4 aromatic rings. The number of rotatable bonds is 10. The summed E-state index contributed by atoms with van der Waals surface area (Å²) in [4.78, 5) is 40.9. The Kier molecular flexibility index (Phi) is 9.36. The first-order valence-electron chi connectivity index (χ1n) is 15.4. The van der Waals surface area contributed by atoms with Crippen LogP contribution in [0.3, 0.4) is 0 Å². The van der Waals surface area contributed by atoms with Gasteiger partial charge >= 0.3 is 0 Å². The van der Waals surface area contributed by atoms with Gasteiger partial charge in [-0.1, -0.05) is 48.6 Å². The Morgan fingerprint density at radius 1 is 0.800 bits per heavy atom. The minimum Gasteiger partial charge on any atom is -0.467 e. The van der Waals surface area contributed by atoms with Crippen LogP contribution in [0.4, 0.5) is 17.1 Å². The number of amides is 3. The summed E-state index contributed by atoms with van der Waals surface area (Å²) in [7, 11) is 0. The Balaban J connectivity index is 1.03. The number of anilines is 3. The molecule has 230 valence electrons. The summed E-state index contributed by atoms with van der Waals surface area (Å²) < 4.78 is 5.40. The second-order valence-electron chi connectivity index (χ2n) is 11.3. The molecule has 2 aliphatic rings. The first-order valence-corrected chi connectivity index (χ1v) is 15.4. The average Bonchev–Trinajstić information content (AvgIpc) is 3.88. The molecule has 0 aliphatic carbocycles. The smallest absolute Gasteiger partial charge is 0.256 e. The standard InChI is InChI=1S/C36H37N5O4/c42-34(32-9-3-21-37-32)39-27-17-13-25(14-18-27)11-12-26-15-19-28(20-16-26)40-35(43)33-10-4-22-41(33)36(44)30-7-1-2-8-31(30)38-24-29-6-5-23-45-29/h1-2,5-8,11-20,23,32-33,37-38H,3-4,9-10,21-22,24H2,(H,39,42)(H,40,43)/b12-11+/t32-,33-/m0/s1. The Bertz CT molecular complexity index is 1640. The third-order valence-electron chi connectivity index (χ3n) is 8.21. The van der Waals surface area contributed by atoms with Gasteiger partial charge in [-0.15, -0.1) is 0 Å². The van der Waals surface area contributed by atoms with Gasteiger partial charge in [0.25, 0.3) is 5.91 Å². The zero-order valence-electron chi connectivity index (χ0n) is 25.0. The van der Waals surface area contributed by atoms with E-state index in [4.69, 9.17) is 4.42 Å². The number of carbonyl (C=O) groups is 3. The first kappa shape index (κ1) is 29.9. The van der Waals surface area contributed by atoms with Crippen LogP contribution in [0.2, 0.25) is 0 Å². The van der Waals surface area contributed by atoms with Crippen molar-refractivity contribution in [3.8, 4) is 0 Å². The van der Waals surface area contributed by atoms with Crippen LogP contribution in [-0.4, -0.2) is 47.8 Å². The number of benzene rings is 3. The molecule has 2 aliphatic heterocycles. The van der Waals surface area contributed by atoms with Crippen molar-refractivity contribution < 1.29 is 18.8 Å². The fourth-order valence-corrected chi connectivity index (χ4v) is 5.77. The molecule has 0 radical (unpaired) electrons. The average molecular weight is 604 g/mol. The van der Waals surface area contributed by atoms with E-state index in [9.17, 15) is 14.4 Å². The summed E-state index contributed by atoms with van der Waals surface area (Å²) in [6.07, 6.45) is 8.88. The van der Waals surface area contributed by atoms with Crippen LogP contribution in [0.5, 0.6) is 0 Å².